The molecule has 0 aliphatic heterocycles. The van der Waals surface area contributed by atoms with Gasteiger partial charge in [-0.25, -0.2) is 4.98 Å². The molecule has 3 N–H and O–H groups in total. The number of aromatic nitrogens is 3. The first-order valence-corrected chi connectivity index (χ1v) is 9.77. The summed E-state index contributed by atoms with van der Waals surface area (Å²) in [7, 11) is 0. The summed E-state index contributed by atoms with van der Waals surface area (Å²) in [6.07, 6.45) is 0.0713. The third-order valence-electron chi connectivity index (χ3n) is 4.12. The molecule has 0 saturated heterocycles. The van der Waals surface area contributed by atoms with Crippen molar-refractivity contribution in [2.24, 2.45) is 0 Å². The van der Waals surface area contributed by atoms with Crippen molar-refractivity contribution in [1.29, 1.82) is 0 Å². The smallest absolute Gasteiger partial charge is 0.273 e. The lowest BCUT2D eigenvalue weighted by Gasteiger charge is -2.04. The number of H-pyrrole nitrogens is 1. The van der Waals surface area contributed by atoms with Gasteiger partial charge >= 0.3 is 0 Å². The molecule has 7 nitrogen and oxygen atoms in total. The monoisotopic (exact) mass is 403 g/mol. The van der Waals surface area contributed by atoms with E-state index in [9.17, 15) is 9.59 Å². The predicted molar refractivity (Wildman–Crippen MR) is 111 cm³/mol. The maximum Gasteiger partial charge on any atom is 0.287 e. The van der Waals surface area contributed by atoms with Gasteiger partial charge in [-0.15, -0.1) is 11.3 Å². The Balaban J connectivity index is 1.31. The van der Waals surface area contributed by atoms with Crippen LogP contribution in [0.5, 0.6) is 0 Å². The van der Waals surface area contributed by atoms with Gasteiger partial charge in [0.15, 0.2) is 0 Å². The van der Waals surface area contributed by atoms with Crippen molar-refractivity contribution in [1.82, 2.24) is 26.0 Å². The quantitative estimate of drug-likeness (QED) is 0.446. The van der Waals surface area contributed by atoms with Crippen LogP contribution in [-0.4, -0.2) is 27.0 Å². The van der Waals surface area contributed by atoms with Gasteiger partial charge in [-0.3, -0.25) is 25.5 Å². The van der Waals surface area contributed by atoms with E-state index in [0.29, 0.717) is 11.4 Å². The fourth-order valence-electron chi connectivity index (χ4n) is 2.70. The van der Waals surface area contributed by atoms with E-state index in [1.165, 1.54) is 11.3 Å². The van der Waals surface area contributed by atoms with Crippen molar-refractivity contribution in [2.75, 3.05) is 0 Å². The van der Waals surface area contributed by atoms with E-state index in [4.69, 9.17) is 0 Å². The number of amides is 2. The van der Waals surface area contributed by atoms with Crippen molar-refractivity contribution in [2.45, 2.75) is 6.42 Å². The number of hydrogen-bond donors (Lipinski definition) is 3. The zero-order valence-corrected chi connectivity index (χ0v) is 16.1. The van der Waals surface area contributed by atoms with Crippen molar-refractivity contribution >= 4 is 23.2 Å². The number of aromatic amines is 1. The molecule has 0 bridgehead atoms. The maximum atomic E-state index is 12.2. The molecule has 0 fully saturated rings. The first-order valence-electron chi connectivity index (χ1n) is 8.89. The molecule has 4 aromatic rings. The summed E-state index contributed by atoms with van der Waals surface area (Å²) in [4.78, 5) is 28.8. The third-order valence-corrected chi connectivity index (χ3v) is 5.06. The molecule has 4 rings (SSSR count). The summed E-state index contributed by atoms with van der Waals surface area (Å²) in [6.45, 7) is 0. The minimum atomic E-state index is -0.476. The Hall–Kier alpha value is -3.78. The highest BCUT2D eigenvalue weighted by atomic mass is 32.1. The fourth-order valence-corrected chi connectivity index (χ4v) is 3.52. The maximum absolute atomic E-state index is 12.2. The van der Waals surface area contributed by atoms with Crippen molar-refractivity contribution < 1.29 is 9.59 Å². The van der Waals surface area contributed by atoms with Gasteiger partial charge in [-0.1, -0.05) is 60.7 Å². The van der Waals surface area contributed by atoms with Crippen LogP contribution in [0, 0.1) is 0 Å². The summed E-state index contributed by atoms with van der Waals surface area (Å²) in [5.41, 5.74) is 8.24. The second-order valence-corrected chi connectivity index (χ2v) is 7.08. The number of carbonyl (C=O) groups excluding carboxylic acids is 2. The third kappa shape index (κ3) is 4.56. The summed E-state index contributed by atoms with van der Waals surface area (Å²) < 4.78 is 0. The summed E-state index contributed by atoms with van der Waals surface area (Å²) >= 11 is 1.47. The van der Waals surface area contributed by atoms with Crippen LogP contribution in [-0.2, 0) is 11.2 Å². The van der Waals surface area contributed by atoms with Crippen LogP contribution in [0.15, 0.2) is 72.1 Å². The average Bonchev–Trinajstić information content (AvgIpc) is 3.43. The predicted octanol–water partition coefficient (Wildman–Crippen LogP) is 3.20. The number of hydrazine groups is 1. The van der Waals surface area contributed by atoms with E-state index >= 15 is 0 Å². The Kier molecular flexibility index (Phi) is 5.44. The number of rotatable bonds is 5. The number of nitrogens with one attached hydrogen (secondary N) is 3. The summed E-state index contributed by atoms with van der Waals surface area (Å²) in [5, 5.41) is 9.49. The number of thiazole rings is 1. The van der Waals surface area contributed by atoms with Gasteiger partial charge in [0.05, 0.1) is 17.8 Å². The van der Waals surface area contributed by atoms with E-state index in [-0.39, 0.29) is 18.0 Å². The molecule has 0 aliphatic rings. The second kappa shape index (κ2) is 8.49. The molecule has 0 unspecified atom stereocenters. The van der Waals surface area contributed by atoms with Crippen LogP contribution in [0.1, 0.15) is 16.2 Å². The van der Waals surface area contributed by atoms with Crippen molar-refractivity contribution in [3.63, 3.8) is 0 Å². The van der Waals surface area contributed by atoms with Gasteiger partial charge in [0.25, 0.3) is 5.91 Å². The van der Waals surface area contributed by atoms with Crippen molar-refractivity contribution in [3.05, 3.63) is 83.5 Å². The van der Waals surface area contributed by atoms with Gasteiger partial charge in [-0.2, -0.15) is 5.10 Å². The molecule has 0 radical (unpaired) electrons. The minimum absolute atomic E-state index is 0.0713. The zero-order chi connectivity index (χ0) is 20.1. The molecule has 0 spiro atoms. The van der Waals surface area contributed by atoms with Crippen LogP contribution in [0.25, 0.3) is 21.8 Å². The van der Waals surface area contributed by atoms with Crippen LogP contribution >= 0.6 is 11.3 Å². The molecule has 2 aromatic carbocycles. The van der Waals surface area contributed by atoms with Crippen LogP contribution in [0.4, 0.5) is 0 Å². The van der Waals surface area contributed by atoms with Gasteiger partial charge < -0.3 is 0 Å². The van der Waals surface area contributed by atoms with Gasteiger partial charge in [0, 0.05) is 16.5 Å². The Morgan fingerprint density at radius 2 is 1.62 bits per heavy atom. The molecule has 144 valence electrons. The normalized spacial score (nSPS) is 10.5. The molecule has 0 atom stereocenters. The average molecular weight is 403 g/mol. The standard InChI is InChI=1S/C21H17N5O2S/c27-19(11-16-13-29-21(22-16)15-9-5-2-6-10-15)25-26-20(28)18-12-17(23-24-18)14-7-3-1-4-8-14/h1-10,12-13H,11H2,(H,23,24)(H,25,27)(H,26,28). The fraction of sp³-hybridized carbons (Fsp3) is 0.0476. The first-order chi connectivity index (χ1) is 14.2. The SMILES string of the molecule is O=C(Cc1csc(-c2ccccc2)n1)NNC(=O)c1cc(-c2ccccc2)n[nH]1. The molecule has 0 aliphatic carbocycles. The highest BCUT2D eigenvalue weighted by Gasteiger charge is 2.13. The Bertz CT molecular complexity index is 1120. The van der Waals surface area contributed by atoms with E-state index in [1.54, 1.807) is 6.07 Å². The molecule has 8 heteroatoms. The Morgan fingerprint density at radius 3 is 2.34 bits per heavy atom. The minimum Gasteiger partial charge on any atom is -0.273 e. The second-order valence-electron chi connectivity index (χ2n) is 6.22. The molecular formula is C21H17N5O2S. The number of hydrogen-bond acceptors (Lipinski definition) is 5. The summed E-state index contributed by atoms with van der Waals surface area (Å²) in [6, 6.07) is 20.9. The van der Waals surface area contributed by atoms with E-state index < -0.39 is 5.91 Å². The number of nitrogens with zero attached hydrogens (tertiary/aromatic N) is 2. The summed E-state index contributed by atoms with van der Waals surface area (Å²) in [5.74, 6) is -0.831. The van der Waals surface area contributed by atoms with Crippen LogP contribution in [0.2, 0.25) is 0 Å². The molecular weight excluding hydrogens is 386 g/mol. The lowest BCUT2D eigenvalue weighted by Crippen LogP contribution is -2.42. The molecule has 2 aromatic heterocycles. The first kappa shape index (κ1) is 18.6. The Morgan fingerprint density at radius 1 is 0.931 bits per heavy atom. The molecule has 29 heavy (non-hydrogen) atoms. The number of carbonyl (C=O) groups is 2. The largest absolute Gasteiger partial charge is 0.287 e. The zero-order valence-electron chi connectivity index (χ0n) is 15.3. The Labute approximate surface area is 170 Å². The molecule has 0 saturated carbocycles. The van der Waals surface area contributed by atoms with Crippen LogP contribution in [0.3, 0.4) is 0 Å². The van der Waals surface area contributed by atoms with E-state index in [1.807, 2.05) is 66.0 Å². The van der Waals surface area contributed by atoms with Gasteiger partial charge in [0.1, 0.15) is 10.7 Å². The highest BCUT2D eigenvalue weighted by molar-refractivity contribution is 7.13. The number of benzene rings is 2. The highest BCUT2D eigenvalue weighted by Crippen LogP contribution is 2.23. The topological polar surface area (TPSA) is 99.8 Å². The van der Waals surface area contributed by atoms with Crippen molar-refractivity contribution in [3.8, 4) is 21.8 Å². The van der Waals surface area contributed by atoms with E-state index in [2.05, 4.69) is 26.0 Å². The lowest BCUT2D eigenvalue weighted by atomic mass is 10.1. The molecule has 2 amide bonds. The van der Waals surface area contributed by atoms with E-state index in [0.717, 1.165) is 16.1 Å². The van der Waals surface area contributed by atoms with Gasteiger partial charge in [-0.05, 0) is 6.07 Å². The molecule has 2 heterocycles. The van der Waals surface area contributed by atoms with Crippen LogP contribution < -0.4 is 10.9 Å². The van der Waals surface area contributed by atoms with Gasteiger partial charge in [0.2, 0.25) is 5.91 Å². The lowest BCUT2D eigenvalue weighted by molar-refractivity contribution is -0.121.